The van der Waals surface area contributed by atoms with Crippen LogP contribution < -0.4 is 9.47 Å². The smallest absolute Gasteiger partial charge is 0.175 e. The third-order valence-corrected chi connectivity index (χ3v) is 3.47. The van der Waals surface area contributed by atoms with Crippen molar-refractivity contribution in [1.29, 1.82) is 0 Å². The van der Waals surface area contributed by atoms with Crippen LogP contribution >= 0.6 is 15.9 Å². The zero-order chi connectivity index (χ0) is 12.6. The zero-order valence-corrected chi connectivity index (χ0v) is 11.9. The molecular formula is C13H17BrO3. The van der Waals surface area contributed by atoms with E-state index < -0.39 is 5.60 Å². The van der Waals surface area contributed by atoms with E-state index in [1.165, 1.54) is 0 Å². The summed E-state index contributed by atoms with van der Waals surface area (Å²) in [4.78, 5) is 0. The highest BCUT2D eigenvalue weighted by Crippen LogP contribution is 2.43. The summed E-state index contributed by atoms with van der Waals surface area (Å²) >= 11 is 3.48. The predicted molar refractivity (Wildman–Crippen MR) is 69.7 cm³/mol. The van der Waals surface area contributed by atoms with Gasteiger partial charge in [0.05, 0.1) is 23.3 Å². The normalized spacial score (nSPS) is 15.6. The van der Waals surface area contributed by atoms with Gasteiger partial charge in [-0.15, -0.1) is 0 Å². The molecule has 0 unspecified atom stereocenters. The van der Waals surface area contributed by atoms with Crippen molar-refractivity contribution in [3.8, 4) is 11.5 Å². The molecule has 0 aliphatic carbocycles. The first-order valence-electron chi connectivity index (χ1n) is 5.73. The minimum atomic E-state index is -0.892. The lowest BCUT2D eigenvalue weighted by Gasteiger charge is -2.23. The van der Waals surface area contributed by atoms with Gasteiger partial charge in [-0.05, 0) is 48.3 Å². The number of hydrogen-bond donors (Lipinski definition) is 1. The number of rotatable bonds is 1. The molecule has 0 spiro atoms. The Labute approximate surface area is 110 Å². The summed E-state index contributed by atoms with van der Waals surface area (Å²) in [6, 6.07) is 1.91. The molecule has 0 bridgehead atoms. The Morgan fingerprint density at radius 3 is 2.41 bits per heavy atom. The molecule has 1 aliphatic rings. The quantitative estimate of drug-likeness (QED) is 0.866. The molecule has 0 radical (unpaired) electrons. The van der Waals surface area contributed by atoms with Gasteiger partial charge in [-0.3, -0.25) is 0 Å². The van der Waals surface area contributed by atoms with Crippen molar-refractivity contribution in [3.05, 3.63) is 21.7 Å². The third-order valence-electron chi connectivity index (χ3n) is 2.88. The third kappa shape index (κ3) is 2.43. The van der Waals surface area contributed by atoms with Crippen LogP contribution in [-0.4, -0.2) is 18.3 Å². The zero-order valence-electron chi connectivity index (χ0n) is 10.3. The summed E-state index contributed by atoms with van der Waals surface area (Å²) in [7, 11) is 0. The van der Waals surface area contributed by atoms with Crippen molar-refractivity contribution in [2.75, 3.05) is 13.2 Å². The van der Waals surface area contributed by atoms with E-state index in [1.807, 2.05) is 13.0 Å². The van der Waals surface area contributed by atoms with Crippen molar-refractivity contribution < 1.29 is 14.6 Å². The van der Waals surface area contributed by atoms with Crippen LogP contribution in [0.2, 0.25) is 0 Å². The number of benzene rings is 1. The van der Waals surface area contributed by atoms with Crippen LogP contribution in [0.4, 0.5) is 0 Å². The van der Waals surface area contributed by atoms with Crippen molar-refractivity contribution in [3.63, 3.8) is 0 Å². The molecule has 0 saturated heterocycles. The predicted octanol–water partition coefficient (Wildman–Crippen LogP) is 3.15. The number of aliphatic hydroxyl groups is 1. The van der Waals surface area contributed by atoms with Gasteiger partial charge in [0.15, 0.2) is 11.5 Å². The standard InChI is InChI=1S/C13H17BrO3/c1-8-9(13(2,3)15)7-10(14)12-11(8)16-5-4-6-17-12/h7,15H,4-6H2,1-3H3. The van der Waals surface area contributed by atoms with Crippen LogP contribution in [0.15, 0.2) is 10.5 Å². The molecule has 4 heteroatoms. The van der Waals surface area contributed by atoms with Gasteiger partial charge in [0.1, 0.15) is 0 Å². The van der Waals surface area contributed by atoms with E-state index in [0.717, 1.165) is 33.5 Å². The van der Waals surface area contributed by atoms with E-state index in [-0.39, 0.29) is 0 Å². The van der Waals surface area contributed by atoms with E-state index in [4.69, 9.17) is 9.47 Å². The molecule has 0 saturated carbocycles. The second-order valence-corrected chi connectivity index (χ2v) is 5.65. The number of halogens is 1. The monoisotopic (exact) mass is 300 g/mol. The van der Waals surface area contributed by atoms with E-state index >= 15 is 0 Å². The molecule has 1 N–H and O–H groups in total. The molecule has 1 aromatic rings. The molecule has 0 fully saturated rings. The average molecular weight is 301 g/mol. The van der Waals surface area contributed by atoms with Crippen molar-refractivity contribution in [2.24, 2.45) is 0 Å². The van der Waals surface area contributed by atoms with Crippen LogP contribution in [0.5, 0.6) is 11.5 Å². The molecule has 0 aromatic heterocycles. The summed E-state index contributed by atoms with van der Waals surface area (Å²) < 4.78 is 12.2. The number of fused-ring (bicyclic) bond motifs is 1. The maximum atomic E-state index is 10.1. The second-order valence-electron chi connectivity index (χ2n) is 4.80. The van der Waals surface area contributed by atoms with Gasteiger partial charge in [-0.1, -0.05) is 0 Å². The number of hydrogen-bond acceptors (Lipinski definition) is 3. The summed E-state index contributed by atoms with van der Waals surface area (Å²) in [6.45, 7) is 6.80. The maximum absolute atomic E-state index is 10.1. The first-order valence-corrected chi connectivity index (χ1v) is 6.52. The summed E-state index contributed by atoms with van der Waals surface area (Å²) in [5.74, 6) is 1.49. The largest absolute Gasteiger partial charge is 0.489 e. The molecule has 0 amide bonds. The van der Waals surface area contributed by atoms with E-state index in [2.05, 4.69) is 15.9 Å². The van der Waals surface area contributed by atoms with Crippen molar-refractivity contribution in [2.45, 2.75) is 32.8 Å². The lowest BCUT2D eigenvalue weighted by atomic mass is 9.93. The number of ether oxygens (including phenoxy) is 2. The Morgan fingerprint density at radius 1 is 1.24 bits per heavy atom. The minimum absolute atomic E-state index is 0.648. The van der Waals surface area contributed by atoms with Crippen LogP contribution in [0, 0.1) is 6.92 Å². The topological polar surface area (TPSA) is 38.7 Å². The van der Waals surface area contributed by atoms with Gasteiger partial charge < -0.3 is 14.6 Å². The molecule has 3 nitrogen and oxygen atoms in total. The molecule has 94 valence electrons. The first kappa shape index (κ1) is 12.7. The molecule has 1 aliphatic heterocycles. The summed E-state index contributed by atoms with van der Waals surface area (Å²) in [5, 5.41) is 10.1. The highest BCUT2D eigenvalue weighted by atomic mass is 79.9. The van der Waals surface area contributed by atoms with Crippen LogP contribution in [0.3, 0.4) is 0 Å². The van der Waals surface area contributed by atoms with Gasteiger partial charge in [0.25, 0.3) is 0 Å². The minimum Gasteiger partial charge on any atom is -0.489 e. The Kier molecular flexibility index (Phi) is 3.36. The van der Waals surface area contributed by atoms with Gasteiger partial charge in [0.2, 0.25) is 0 Å². The van der Waals surface area contributed by atoms with Crippen molar-refractivity contribution >= 4 is 15.9 Å². The molecule has 0 atom stereocenters. The van der Waals surface area contributed by atoms with Crippen molar-refractivity contribution in [1.82, 2.24) is 0 Å². The Morgan fingerprint density at radius 2 is 1.82 bits per heavy atom. The Balaban J connectivity index is 2.61. The van der Waals surface area contributed by atoms with Crippen LogP contribution in [0.25, 0.3) is 0 Å². The molecule has 1 aromatic carbocycles. The first-order chi connectivity index (χ1) is 7.91. The summed E-state index contributed by atoms with van der Waals surface area (Å²) in [6.07, 6.45) is 0.873. The maximum Gasteiger partial charge on any atom is 0.175 e. The summed E-state index contributed by atoms with van der Waals surface area (Å²) in [5.41, 5.74) is 0.906. The Bertz CT molecular complexity index is 435. The molecule has 17 heavy (non-hydrogen) atoms. The molecular weight excluding hydrogens is 284 g/mol. The van der Waals surface area contributed by atoms with Gasteiger partial charge in [-0.25, -0.2) is 0 Å². The fourth-order valence-electron chi connectivity index (χ4n) is 2.05. The average Bonchev–Trinajstić information content (AvgIpc) is 2.47. The fourth-order valence-corrected chi connectivity index (χ4v) is 2.58. The fraction of sp³-hybridized carbons (Fsp3) is 0.538. The van der Waals surface area contributed by atoms with E-state index in [9.17, 15) is 5.11 Å². The van der Waals surface area contributed by atoms with Gasteiger partial charge >= 0.3 is 0 Å². The van der Waals surface area contributed by atoms with Gasteiger partial charge in [0, 0.05) is 12.0 Å². The lowest BCUT2D eigenvalue weighted by Crippen LogP contribution is -2.18. The second kappa shape index (κ2) is 4.50. The van der Waals surface area contributed by atoms with Crippen LogP contribution in [-0.2, 0) is 5.60 Å². The molecule has 1 heterocycles. The van der Waals surface area contributed by atoms with E-state index in [0.29, 0.717) is 13.2 Å². The highest BCUT2D eigenvalue weighted by Gasteiger charge is 2.26. The highest BCUT2D eigenvalue weighted by molar-refractivity contribution is 9.10. The van der Waals surface area contributed by atoms with E-state index in [1.54, 1.807) is 13.8 Å². The lowest BCUT2D eigenvalue weighted by molar-refractivity contribution is 0.0774. The molecule has 2 rings (SSSR count). The van der Waals surface area contributed by atoms with Gasteiger partial charge in [-0.2, -0.15) is 0 Å². The Hall–Kier alpha value is -0.740. The SMILES string of the molecule is Cc1c(C(C)(C)O)cc(Br)c2c1OCCCO2. The van der Waals surface area contributed by atoms with Crippen LogP contribution in [0.1, 0.15) is 31.4 Å².